The first-order valence-corrected chi connectivity index (χ1v) is 4.18. The number of carbonyl (C=O) groups excluding carboxylic acids is 1. The first-order chi connectivity index (χ1) is 6.29. The van der Waals surface area contributed by atoms with Gasteiger partial charge in [0.2, 0.25) is 5.91 Å². The fourth-order valence-corrected chi connectivity index (χ4v) is 1.21. The number of aromatic nitrogens is 2. The topological polar surface area (TPSA) is 59.3 Å². The highest BCUT2D eigenvalue weighted by Gasteiger charge is 2.17. The number of carbonyl (C=O) groups is 1. The van der Waals surface area contributed by atoms with Gasteiger partial charge in [-0.15, -0.1) is 0 Å². The molecule has 0 unspecified atom stereocenters. The molecule has 0 saturated carbocycles. The number of hydrogen-bond acceptors (Lipinski definition) is 3. The molecule has 0 aliphatic carbocycles. The van der Waals surface area contributed by atoms with E-state index in [1.807, 2.05) is 13.1 Å². The van der Waals surface area contributed by atoms with E-state index in [2.05, 4.69) is 15.6 Å². The van der Waals surface area contributed by atoms with Gasteiger partial charge in [0.25, 0.3) is 0 Å². The van der Waals surface area contributed by atoms with Gasteiger partial charge < -0.3 is 0 Å². The summed E-state index contributed by atoms with van der Waals surface area (Å²) in [4.78, 5) is 10.9. The van der Waals surface area contributed by atoms with Gasteiger partial charge in [0.15, 0.2) is 0 Å². The van der Waals surface area contributed by atoms with Crippen LogP contribution in [0.2, 0.25) is 0 Å². The molecule has 0 atom stereocenters. The Morgan fingerprint density at radius 3 is 3.08 bits per heavy atom. The Kier molecular flexibility index (Phi) is 1.84. The van der Waals surface area contributed by atoms with Crippen LogP contribution in [0.25, 0.3) is 0 Å². The molecule has 0 spiro atoms. The Hall–Kier alpha value is -1.65. The molecule has 68 valence electrons. The van der Waals surface area contributed by atoms with Crippen molar-refractivity contribution in [2.24, 2.45) is 5.10 Å². The number of amides is 1. The standard InChI is InChI=1S/C8H10N4O/c1-2-12-5-6(4-9-12)7-3-8(13)11-10-7/h4-5H,2-3H2,1H3,(H,11,13). The summed E-state index contributed by atoms with van der Waals surface area (Å²) < 4.78 is 1.81. The van der Waals surface area contributed by atoms with Gasteiger partial charge in [0.1, 0.15) is 0 Å². The van der Waals surface area contributed by atoms with Crippen LogP contribution < -0.4 is 5.43 Å². The van der Waals surface area contributed by atoms with Crippen LogP contribution in [0.4, 0.5) is 0 Å². The first kappa shape index (κ1) is 7.97. The SMILES string of the molecule is CCn1cc(C2=NNC(=O)C2)cn1. The maximum absolute atomic E-state index is 10.9. The molecule has 1 aromatic rings. The second-order valence-electron chi connectivity index (χ2n) is 2.85. The summed E-state index contributed by atoms with van der Waals surface area (Å²) in [5, 5.41) is 8.00. The summed E-state index contributed by atoms with van der Waals surface area (Å²) in [5.74, 6) is -0.0563. The lowest BCUT2D eigenvalue weighted by Gasteiger charge is -1.91. The molecule has 0 saturated heterocycles. The van der Waals surface area contributed by atoms with E-state index in [9.17, 15) is 4.79 Å². The first-order valence-electron chi connectivity index (χ1n) is 4.18. The second-order valence-corrected chi connectivity index (χ2v) is 2.85. The highest BCUT2D eigenvalue weighted by molar-refractivity contribution is 6.13. The van der Waals surface area contributed by atoms with Gasteiger partial charge in [-0.2, -0.15) is 10.2 Å². The Morgan fingerprint density at radius 1 is 1.69 bits per heavy atom. The van der Waals surface area contributed by atoms with E-state index in [0.717, 1.165) is 17.8 Å². The third-order valence-corrected chi connectivity index (χ3v) is 1.93. The average Bonchev–Trinajstić information content (AvgIpc) is 2.71. The minimum atomic E-state index is -0.0563. The number of hydrogen-bond donors (Lipinski definition) is 1. The van der Waals surface area contributed by atoms with Crippen LogP contribution in [-0.2, 0) is 11.3 Å². The van der Waals surface area contributed by atoms with E-state index < -0.39 is 0 Å². The third-order valence-electron chi connectivity index (χ3n) is 1.93. The molecule has 1 aliphatic heterocycles. The molecule has 13 heavy (non-hydrogen) atoms. The van der Waals surface area contributed by atoms with E-state index >= 15 is 0 Å². The maximum atomic E-state index is 10.9. The molecule has 5 nitrogen and oxygen atoms in total. The largest absolute Gasteiger partial charge is 0.273 e. The van der Waals surface area contributed by atoms with Crippen molar-refractivity contribution in [1.82, 2.24) is 15.2 Å². The maximum Gasteiger partial charge on any atom is 0.246 e. The summed E-state index contributed by atoms with van der Waals surface area (Å²) in [7, 11) is 0. The Morgan fingerprint density at radius 2 is 2.54 bits per heavy atom. The van der Waals surface area contributed by atoms with Crippen molar-refractivity contribution in [2.45, 2.75) is 19.9 Å². The van der Waals surface area contributed by atoms with Gasteiger partial charge in [-0.05, 0) is 6.92 Å². The third kappa shape index (κ3) is 1.44. The molecule has 1 aromatic heterocycles. The number of hydrazone groups is 1. The molecule has 0 aromatic carbocycles. The van der Waals surface area contributed by atoms with Crippen molar-refractivity contribution >= 4 is 11.6 Å². The van der Waals surface area contributed by atoms with Gasteiger partial charge >= 0.3 is 0 Å². The van der Waals surface area contributed by atoms with Crippen LogP contribution in [0, 0.1) is 0 Å². The molecule has 0 bridgehead atoms. The molecular weight excluding hydrogens is 168 g/mol. The van der Waals surface area contributed by atoms with Crippen LogP contribution in [0.3, 0.4) is 0 Å². The molecule has 2 heterocycles. The Balaban J connectivity index is 2.21. The van der Waals surface area contributed by atoms with Crippen molar-refractivity contribution in [3.63, 3.8) is 0 Å². The predicted octanol–water partition coefficient (Wildman–Crippen LogP) is 0.127. The molecular formula is C8H10N4O. The molecule has 0 fully saturated rings. The zero-order valence-corrected chi connectivity index (χ0v) is 7.32. The van der Waals surface area contributed by atoms with Crippen LogP contribution in [0.15, 0.2) is 17.5 Å². The van der Waals surface area contributed by atoms with Crippen LogP contribution in [0.5, 0.6) is 0 Å². The molecule has 1 aliphatic rings. The van der Waals surface area contributed by atoms with E-state index in [1.54, 1.807) is 10.9 Å². The van der Waals surface area contributed by atoms with Gasteiger partial charge in [-0.1, -0.05) is 0 Å². The normalized spacial score (nSPS) is 15.8. The highest BCUT2D eigenvalue weighted by atomic mass is 16.2. The molecule has 2 rings (SSSR count). The van der Waals surface area contributed by atoms with Crippen molar-refractivity contribution in [3.05, 3.63) is 18.0 Å². The smallest absolute Gasteiger partial charge is 0.246 e. The lowest BCUT2D eigenvalue weighted by Crippen LogP contribution is -2.09. The van der Waals surface area contributed by atoms with Crippen LogP contribution in [0.1, 0.15) is 18.9 Å². The number of nitrogens with one attached hydrogen (secondary N) is 1. The lowest BCUT2D eigenvalue weighted by molar-refractivity contribution is -0.119. The van der Waals surface area contributed by atoms with E-state index in [-0.39, 0.29) is 5.91 Å². The minimum Gasteiger partial charge on any atom is -0.273 e. The van der Waals surface area contributed by atoms with Crippen LogP contribution >= 0.6 is 0 Å². The zero-order chi connectivity index (χ0) is 9.26. The van der Waals surface area contributed by atoms with Crippen molar-refractivity contribution < 1.29 is 4.79 Å². The van der Waals surface area contributed by atoms with E-state index in [1.165, 1.54) is 0 Å². The van der Waals surface area contributed by atoms with E-state index in [0.29, 0.717) is 6.42 Å². The fourth-order valence-electron chi connectivity index (χ4n) is 1.21. The van der Waals surface area contributed by atoms with Gasteiger partial charge in [0, 0.05) is 18.3 Å². The fraction of sp³-hybridized carbons (Fsp3) is 0.375. The Labute approximate surface area is 75.4 Å². The van der Waals surface area contributed by atoms with Gasteiger partial charge in [-0.25, -0.2) is 5.43 Å². The summed E-state index contributed by atoms with van der Waals surface area (Å²) >= 11 is 0. The molecule has 0 radical (unpaired) electrons. The minimum absolute atomic E-state index is 0.0563. The van der Waals surface area contributed by atoms with Crippen molar-refractivity contribution in [2.75, 3.05) is 0 Å². The predicted molar refractivity (Wildman–Crippen MR) is 47.2 cm³/mol. The highest BCUT2D eigenvalue weighted by Crippen LogP contribution is 2.07. The summed E-state index contributed by atoms with van der Waals surface area (Å²) in [5.41, 5.74) is 4.09. The number of aryl methyl sites for hydroxylation is 1. The summed E-state index contributed by atoms with van der Waals surface area (Å²) in [6.45, 7) is 2.84. The number of rotatable bonds is 2. The van der Waals surface area contributed by atoms with Crippen molar-refractivity contribution in [1.29, 1.82) is 0 Å². The van der Waals surface area contributed by atoms with Crippen LogP contribution in [-0.4, -0.2) is 21.4 Å². The van der Waals surface area contributed by atoms with Gasteiger partial charge in [-0.3, -0.25) is 9.48 Å². The lowest BCUT2D eigenvalue weighted by atomic mass is 10.2. The average molecular weight is 178 g/mol. The number of nitrogens with zero attached hydrogens (tertiary/aromatic N) is 3. The summed E-state index contributed by atoms with van der Waals surface area (Å²) in [6, 6.07) is 0. The van der Waals surface area contributed by atoms with E-state index in [4.69, 9.17) is 0 Å². The van der Waals surface area contributed by atoms with Crippen molar-refractivity contribution in [3.8, 4) is 0 Å². The molecule has 1 N–H and O–H groups in total. The quantitative estimate of drug-likeness (QED) is 0.699. The monoisotopic (exact) mass is 178 g/mol. The molecule has 5 heteroatoms. The summed E-state index contributed by atoms with van der Waals surface area (Å²) in [6.07, 6.45) is 3.97. The van der Waals surface area contributed by atoms with Gasteiger partial charge in [0.05, 0.1) is 18.3 Å². The molecule has 1 amide bonds. The Bertz CT molecular complexity index is 366. The second kappa shape index (κ2) is 3.01. The zero-order valence-electron chi connectivity index (χ0n) is 7.32.